The summed E-state index contributed by atoms with van der Waals surface area (Å²) in [7, 11) is 0. The summed E-state index contributed by atoms with van der Waals surface area (Å²) in [6.07, 6.45) is -2.64. The second kappa shape index (κ2) is 7.35. The predicted octanol–water partition coefficient (Wildman–Crippen LogP) is 2.14. The molecule has 3 aliphatic rings. The Kier molecular flexibility index (Phi) is 5.00. The van der Waals surface area contributed by atoms with Crippen LogP contribution in [0.5, 0.6) is 0 Å². The molecule has 0 bridgehead atoms. The molecule has 0 radical (unpaired) electrons. The molecule has 1 aromatic carbocycles. The number of rotatable bonds is 3. The normalized spacial score (nSPS) is 22.9. The molecule has 1 saturated carbocycles. The molecule has 1 atom stereocenters. The van der Waals surface area contributed by atoms with Crippen molar-refractivity contribution >= 4 is 23.4 Å². The predicted molar refractivity (Wildman–Crippen MR) is 97.8 cm³/mol. The molecule has 1 aliphatic carbocycles. The smallest absolute Gasteiger partial charge is 0.339 e. The highest BCUT2D eigenvalue weighted by Gasteiger charge is 2.40. The molecule has 3 fully saturated rings. The van der Waals surface area contributed by atoms with E-state index in [1.807, 2.05) is 0 Å². The number of anilines is 1. The molecule has 6 nitrogen and oxygen atoms in total. The second-order valence-corrected chi connectivity index (χ2v) is 7.88. The highest BCUT2D eigenvalue weighted by atomic mass is 19.4. The summed E-state index contributed by atoms with van der Waals surface area (Å²) < 4.78 is 38.8. The van der Waals surface area contributed by atoms with Crippen LogP contribution >= 0.6 is 0 Å². The van der Waals surface area contributed by atoms with E-state index in [2.05, 4.69) is 0 Å². The lowest BCUT2D eigenvalue weighted by molar-refractivity contribution is -0.142. The monoisotopic (exact) mass is 409 g/mol. The van der Waals surface area contributed by atoms with Crippen LogP contribution in [0, 0.1) is 11.8 Å². The first-order valence-electron chi connectivity index (χ1n) is 9.79. The fourth-order valence-electron chi connectivity index (χ4n) is 3.97. The number of hydrogen-bond acceptors (Lipinski definition) is 3. The lowest BCUT2D eigenvalue weighted by Gasteiger charge is -2.36. The minimum atomic E-state index is -4.49. The summed E-state index contributed by atoms with van der Waals surface area (Å²) >= 11 is 0. The second-order valence-electron chi connectivity index (χ2n) is 7.88. The average molecular weight is 409 g/mol. The lowest BCUT2D eigenvalue weighted by Crippen LogP contribution is -2.52. The maximum absolute atomic E-state index is 12.9. The van der Waals surface area contributed by atoms with E-state index in [0.717, 1.165) is 25.0 Å². The fourth-order valence-corrected chi connectivity index (χ4v) is 3.97. The van der Waals surface area contributed by atoms with Gasteiger partial charge in [-0.1, -0.05) is 6.07 Å². The van der Waals surface area contributed by atoms with Crippen molar-refractivity contribution in [2.24, 2.45) is 11.8 Å². The molecule has 2 saturated heterocycles. The first-order valence-corrected chi connectivity index (χ1v) is 9.79. The van der Waals surface area contributed by atoms with Gasteiger partial charge < -0.3 is 14.7 Å². The van der Waals surface area contributed by atoms with Crippen LogP contribution < -0.4 is 4.90 Å². The summed E-state index contributed by atoms with van der Waals surface area (Å²) in [5.74, 6) is -0.811. The van der Waals surface area contributed by atoms with Gasteiger partial charge >= 0.3 is 6.18 Å². The first kappa shape index (κ1) is 19.7. The van der Waals surface area contributed by atoms with Gasteiger partial charge in [0.25, 0.3) is 0 Å². The molecule has 0 N–H and O–H groups in total. The van der Waals surface area contributed by atoms with Gasteiger partial charge in [0.2, 0.25) is 17.7 Å². The number of nitrogens with zero attached hydrogens (tertiary/aromatic N) is 3. The molecule has 29 heavy (non-hydrogen) atoms. The molecular weight excluding hydrogens is 387 g/mol. The van der Waals surface area contributed by atoms with Crippen LogP contribution in [-0.4, -0.2) is 60.2 Å². The van der Waals surface area contributed by atoms with Crippen LogP contribution in [0.4, 0.5) is 18.9 Å². The van der Waals surface area contributed by atoms with Crippen molar-refractivity contribution in [2.45, 2.75) is 25.4 Å². The minimum absolute atomic E-state index is 0.0176. The van der Waals surface area contributed by atoms with E-state index in [1.54, 1.807) is 9.80 Å². The van der Waals surface area contributed by atoms with Crippen molar-refractivity contribution in [2.75, 3.05) is 37.6 Å². The molecule has 156 valence electrons. The van der Waals surface area contributed by atoms with Gasteiger partial charge in [0.1, 0.15) is 0 Å². The van der Waals surface area contributed by atoms with Crippen LogP contribution in [-0.2, 0) is 20.6 Å². The number of alkyl halides is 3. The largest absolute Gasteiger partial charge is 0.416 e. The summed E-state index contributed by atoms with van der Waals surface area (Å²) in [5, 5.41) is 0. The quantitative estimate of drug-likeness (QED) is 0.769. The van der Waals surface area contributed by atoms with Gasteiger partial charge in [-0.25, -0.2) is 0 Å². The molecule has 2 heterocycles. The van der Waals surface area contributed by atoms with Gasteiger partial charge in [-0.2, -0.15) is 13.2 Å². The Morgan fingerprint density at radius 2 is 1.52 bits per heavy atom. The Morgan fingerprint density at radius 3 is 2.07 bits per heavy atom. The molecule has 4 rings (SSSR count). The Balaban J connectivity index is 1.38. The number of amides is 3. The minimum Gasteiger partial charge on any atom is -0.339 e. The van der Waals surface area contributed by atoms with Crippen molar-refractivity contribution < 1.29 is 27.6 Å². The van der Waals surface area contributed by atoms with Gasteiger partial charge in [0.15, 0.2) is 0 Å². The summed E-state index contributed by atoms with van der Waals surface area (Å²) in [4.78, 5) is 42.0. The third-order valence-corrected chi connectivity index (χ3v) is 5.79. The van der Waals surface area contributed by atoms with Crippen LogP contribution in [0.1, 0.15) is 24.8 Å². The highest BCUT2D eigenvalue weighted by molar-refractivity contribution is 6.00. The van der Waals surface area contributed by atoms with Crippen LogP contribution in [0.3, 0.4) is 0 Å². The number of carbonyl (C=O) groups is 3. The zero-order valence-electron chi connectivity index (χ0n) is 15.8. The number of halogens is 3. The Hall–Kier alpha value is -2.58. The molecule has 0 aromatic heterocycles. The zero-order chi connectivity index (χ0) is 20.8. The molecule has 9 heteroatoms. The Bertz CT molecular complexity index is 830. The summed E-state index contributed by atoms with van der Waals surface area (Å²) in [6.45, 7) is 1.88. The van der Waals surface area contributed by atoms with Crippen molar-refractivity contribution in [3.63, 3.8) is 0 Å². The third kappa shape index (κ3) is 4.09. The van der Waals surface area contributed by atoms with Crippen molar-refractivity contribution in [3.05, 3.63) is 29.8 Å². The number of hydrogen-bond donors (Lipinski definition) is 0. The SMILES string of the molecule is O=C(C1CC1)N1CCN(C(=O)[C@H]2CC(=O)N(c3cccc(C(F)(F)F)c3)C2)CC1. The van der Waals surface area contributed by atoms with E-state index in [-0.39, 0.29) is 42.3 Å². The maximum atomic E-state index is 12.9. The van der Waals surface area contributed by atoms with E-state index in [4.69, 9.17) is 0 Å². The van der Waals surface area contributed by atoms with E-state index in [1.165, 1.54) is 17.0 Å². The summed E-state index contributed by atoms with van der Waals surface area (Å²) in [5.41, 5.74) is -0.672. The highest BCUT2D eigenvalue weighted by Crippen LogP contribution is 2.34. The summed E-state index contributed by atoms with van der Waals surface area (Å²) in [6, 6.07) is 4.60. The third-order valence-electron chi connectivity index (χ3n) is 5.79. The standard InChI is InChI=1S/C20H22F3N3O3/c21-20(22,23)15-2-1-3-16(11-15)26-12-14(10-17(26)27)19(29)25-8-6-24(7-9-25)18(28)13-4-5-13/h1-3,11,13-14H,4-10,12H2/t14-/m0/s1. The molecule has 2 aliphatic heterocycles. The number of benzene rings is 1. The average Bonchev–Trinajstić information content (AvgIpc) is 3.48. The van der Waals surface area contributed by atoms with Crippen LogP contribution in [0.25, 0.3) is 0 Å². The van der Waals surface area contributed by atoms with Gasteiger partial charge in [-0.3, -0.25) is 14.4 Å². The van der Waals surface area contributed by atoms with Gasteiger partial charge in [-0.05, 0) is 31.0 Å². The first-order chi connectivity index (χ1) is 13.7. The fraction of sp³-hybridized carbons (Fsp3) is 0.550. The van der Waals surface area contributed by atoms with E-state index in [0.29, 0.717) is 26.2 Å². The van der Waals surface area contributed by atoms with Crippen molar-refractivity contribution in [1.82, 2.24) is 9.80 Å². The van der Waals surface area contributed by atoms with Gasteiger partial charge in [0, 0.05) is 50.7 Å². The molecule has 3 amide bonds. The Morgan fingerprint density at radius 1 is 0.931 bits per heavy atom. The molecule has 0 unspecified atom stereocenters. The zero-order valence-corrected chi connectivity index (χ0v) is 15.8. The van der Waals surface area contributed by atoms with Gasteiger partial charge in [-0.15, -0.1) is 0 Å². The lowest BCUT2D eigenvalue weighted by atomic mass is 10.1. The number of carbonyl (C=O) groups excluding carboxylic acids is 3. The van der Waals surface area contributed by atoms with Crippen molar-refractivity contribution in [1.29, 1.82) is 0 Å². The van der Waals surface area contributed by atoms with Crippen LogP contribution in [0.15, 0.2) is 24.3 Å². The van der Waals surface area contributed by atoms with Crippen molar-refractivity contribution in [3.8, 4) is 0 Å². The molecule has 1 aromatic rings. The molecular formula is C20H22F3N3O3. The number of piperazine rings is 1. The van der Waals surface area contributed by atoms with Crippen LogP contribution in [0.2, 0.25) is 0 Å². The Labute approximate surface area is 166 Å². The topological polar surface area (TPSA) is 60.9 Å². The van der Waals surface area contributed by atoms with Gasteiger partial charge in [0.05, 0.1) is 11.5 Å². The van der Waals surface area contributed by atoms with E-state index >= 15 is 0 Å². The maximum Gasteiger partial charge on any atom is 0.416 e. The molecule has 0 spiro atoms. The van der Waals surface area contributed by atoms with E-state index < -0.39 is 17.7 Å². The van der Waals surface area contributed by atoms with E-state index in [9.17, 15) is 27.6 Å².